The fourth-order valence-electron chi connectivity index (χ4n) is 2.92. The first-order valence-corrected chi connectivity index (χ1v) is 8.34. The Labute approximate surface area is 145 Å². The molecule has 4 rings (SSSR count). The number of carbonyl (C=O) groups is 1. The number of aromatic nitrogens is 3. The van der Waals surface area contributed by atoms with Crippen molar-refractivity contribution in [1.29, 1.82) is 0 Å². The number of imidazole rings is 1. The molecule has 25 heavy (non-hydrogen) atoms. The fourth-order valence-corrected chi connectivity index (χ4v) is 2.92. The lowest BCUT2D eigenvalue weighted by atomic mass is 9.89. The van der Waals surface area contributed by atoms with E-state index in [2.05, 4.69) is 34.3 Å². The summed E-state index contributed by atoms with van der Waals surface area (Å²) in [6, 6.07) is 11.9. The Bertz CT molecular complexity index is 900. The maximum Gasteiger partial charge on any atom is 0.252 e. The molecule has 0 unspecified atom stereocenters. The van der Waals surface area contributed by atoms with Crippen molar-refractivity contribution in [3.05, 3.63) is 60.0 Å². The number of carbonyl (C=O) groups excluding carboxylic acids is 1. The zero-order valence-electron chi connectivity index (χ0n) is 14.1. The van der Waals surface area contributed by atoms with Crippen LogP contribution in [0.2, 0.25) is 0 Å². The lowest BCUT2D eigenvalue weighted by molar-refractivity contribution is -0.0978. The highest BCUT2D eigenvalue weighted by molar-refractivity contribution is 5.96. The molecule has 1 N–H and O–H groups in total. The van der Waals surface area contributed by atoms with Gasteiger partial charge >= 0.3 is 0 Å². The number of nitrogens with one attached hydrogen (secondary N) is 1. The number of pyridine rings is 1. The molecular formula is C19H20N4O2. The lowest BCUT2D eigenvalue weighted by Gasteiger charge is -2.37. The summed E-state index contributed by atoms with van der Waals surface area (Å²) < 4.78 is 7.19. The van der Waals surface area contributed by atoms with E-state index in [0.29, 0.717) is 31.9 Å². The van der Waals surface area contributed by atoms with Gasteiger partial charge in [-0.05, 0) is 11.6 Å². The fraction of sp³-hybridized carbons (Fsp3) is 0.316. The Morgan fingerprint density at radius 3 is 2.80 bits per heavy atom. The third-order valence-corrected chi connectivity index (χ3v) is 4.49. The van der Waals surface area contributed by atoms with Gasteiger partial charge in [-0.2, -0.15) is 0 Å². The summed E-state index contributed by atoms with van der Waals surface area (Å²) in [5, 5.41) is 2.96. The number of hydrogen-bond acceptors (Lipinski definition) is 4. The first-order chi connectivity index (χ1) is 12.1. The highest BCUT2D eigenvalue weighted by atomic mass is 16.5. The van der Waals surface area contributed by atoms with Gasteiger partial charge in [0, 0.05) is 18.2 Å². The first-order valence-electron chi connectivity index (χ1n) is 8.34. The lowest BCUT2D eigenvalue weighted by Crippen LogP contribution is -2.48. The van der Waals surface area contributed by atoms with Crippen LogP contribution in [0.15, 0.2) is 48.9 Å². The molecule has 0 radical (unpaired) electrons. The Balaban J connectivity index is 1.50. The van der Waals surface area contributed by atoms with Crippen LogP contribution in [0.25, 0.3) is 11.2 Å². The molecule has 6 nitrogen and oxygen atoms in total. The molecule has 1 aromatic carbocycles. The van der Waals surface area contributed by atoms with E-state index in [1.165, 1.54) is 5.56 Å². The molecule has 3 heterocycles. The predicted octanol–water partition coefficient (Wildman–Crippen LogP) is 2.25. The van der Waals surface area contributed by atoms with Gasteiger partial charge in [0.1, 0.15) is 5.52 Å². The van der Waals surface area contributed by atoms with Crippen LogP contribution in [-0.4, -0.2) is 40.2 Å². The van der Waals surface area contributed by atoms with Gasteiger partial charge in [-0.3, -0.25) is 4.79 Å². The second-order valence-electron chi connectivity index (χ2n) is 6.91. The van der Waals surface area contributed by atoms with Gasteiger partial charge < -0.3 is 14.6 Å². The minimum absolute atomic E-state index is 0.0461. The summed E-state index contributed by atoms with van der Waals surface area (Å²) in [4.78, 5) is 21.2. The summed E-state index contributed by atoms with van der Waals surface area (Å²) in [6.07, 6.45) is 3.37. The molecule has 128 valence electrons. The molecule has 1 fully saturated rings. The summed E-state index contributed by atoms with van der Waals surface area (Å²) in [6.45, 7) is 4.78. The Kier molecular flexibility index (Phi) is 3.97. The molecule has 0 aliphatic carbocycles. The largest absolute Gasteiger partial charge is 0.380 e. The second kappa shape index (κ2) is 6.29. The number of fused-ring (bicyclic) bond motifs is 1. The van der Waals surface area contributed by atoms with Gasteiger partial charge in [0.2, 0.25) is 0 Å². The SMILES string of the molecule is CC1(CNC(=O)c2cnc3c(c2)ncn3Cc2ccccc2)COC1. The van der Waals surface area contributed by atoms with Crippen LogP contribution in [0.4, 0.5) is 0 Å². The van der Waals surface area contributed by atoms with E-state index in [1.54, 1.807) is 18.6 Å². The molecule has 6 heteroatoms. The van der Waals surface area contributed by atoms with Crippen molar-refractivity contribution in [3.63, 3.8) is 0 Å². The van der Waals surface area contributed by atoms with Crippen molar-refractivity contribution in [3.8, 4) is 0 Å². The van der Waals surface area contributed by atoms with E-state index >= 15 is 0 Å². The van der Waals surface area contributed by atoms with Crippen LogP contribution >= 0.6 is 0 Å². The number of rotatable bonds is 5. The van der Waals surface area contributed by atoms with Gasteiger partial charge in [0.05, 0.1) is 31.6 Å². The van der Waals surface area contributed by atoms with Crippen molar-refractivity contribution >= 4 is 17.1 Å². The first kappa shape index (κ1) is 15.8. The van der Waals surface area contributed by atoms with Gasteiger partial charge in [0.15, 0.2) is 5.65 Å². The summed E-state index contributed by atoms with van der Waals surface area (Å²) in [5.74, 6) is -0.125. The monoisotopic (exact) mass is 336 g/mol. The average Bonchev–Trinajstić information content (AvgIpc) is 3.01. The van der Waals surface area contributed by atoms with Gasteiger partial charge in [-0.1, -0.05) is 37.3 Å². The van der Waals surface area contributed by atoms with Crippen LogP contribution in [0.1, 0.15) is 22.8 Å². The highest BCUT2D eigenvalue weighted by Crippen LogP contribution is 2.25. The molecule has 3 aromatic rings. The smallest absolute Gasteiger partial charge is 0.252 e. The quantitative estimate of drug-likeness (QED) is 0.776. The number of nitrogens with zero attached hydrogens (tertiary/aromatic N) is 3. The minimum Gasteiger partial charge on any atom is -0.380 e. The van der Waals surface area contributed by atoms with E-state index in [1.807, 2.05) is 22.8 Å². The number of amides is 1. The van der Waals surface area contributed by atoms with E-state index in [9.17, 15) is 4.79 Å². The normalized spacial score (nSPS) is 15.7. The third kappa shape index (κ3) is 3.25. The Morgan fingerprint density at radius 2 is 2.08 bits per heavy atom. The van der Waals surface area contributed by atoms with Crippen molar-refractivity contribution in [2.45, 2.75) is 13.5 Å². The maximum absolute atomic E-state index is 12.3. The van der Waals surface area contributed by atoms with Gasteiger partial charge in [0.25, 0.3) is 5.91 Å². The van der Waals surface area contributed by atoms with Crippen molar-refractivity contribution in [2.24, 2.45) is 5.41 Å². The molecule has 0 spiro atoms. The van der Waals surface area contributed by atoms with Gasteiger partial charge in [-0.25, -0.2) is 9.97 Å². The zero-order chi connectivity index (χ0) is 17.3. The predicted molar refractivity (Wildman–Crippen MR) is 94.3 cm³/mol. The summed E-state index contributed by atoms with van der Waals surface area (Å²) in [7, 11) is 0. The number of ether oxygens (including phenoxy) is 1. The van der Waals surface area contributed by atoms with Crippen molar-refractivity contribution < 1.29 is 9.53 Å². The van der Waals surface area contributed by atoms with Crippen LogP contribution < -0.4 is 5.32 Å². The molecule has 1 aliphatic heterocycles. The van der Waals surface area contributed by atoms with Crippen LogP contribution in [0, 0.1) is 5.41 Å². The molecular weight excluding hydrogens is 316 g/mol. The number of benzene rings is 1. The highest BCUT2D eigenvalue weighted by Gasteiger charge is 2.33. The molecule has 1 aliphatic rings. The van der Waals surface area contributed by atoms with E-state index in [4.69, 9.17) is 4.74 Å². The Hall–Kier alpha value is -2.73. The maximum atomic E-state index is 12.3. The average molecular weight is 336 g/mol. The van der Waals surface area contributed by atoms with E-state index < -0.39 is 0 Å². The van der Waals surface area contributed by atoms with Crippen LogP contribution in [0.3, 0.4) is 0 Å². The van der Waals surface area contributed by atoms with E-state index in [0.717, 1.165) is 11.2 Å². The topological polar surface area (TPSA) is 69.0 Å². The van der Waals surface area contributed by atoms with Gasteiger partial charge in [-0.15, -0.1) is 0 Å². The van der Waals surface area contributed by atoms with Crippen LogP contribution in [-0.2, 0) is 11.3 Å². The van der Waals surface area contributed by atoms with Crippen molar-refractivity contribution in [2.75, 3.05) is 19.8 Å². The second-order valence-corrected chi connectivity index (χ2v) is 6.91. The molecule has 2 aromatic heterocycles. The summed E-state index contributed by atoms with van der Waals surface area (Å²) in [5.41, 5.74) is 3.26. The van der Waals surface area contributed by atoms with E-state index in [-0.39, 0.29) is 11.3 Å². The van der Waals surface area contributed by atoms with Crippen molar-refractivity contribution in [1.82, 2.24) is 19.9 Å². The zero-order valence-corrected chi connectivity index (χ0v) is 14.1. The Morgan fingerprint density at radius 1 is 1.28 bits per heavy atom. The van der Waals surface area contributed by atoms with Crippen LogP contribution in [0.5, 0.6) is 0 Å². The molecule has 1 saturated heterocycles. The molecule has 0 saturated carbocycles. The number of hydrogen-bond donors (Lipinski definition) is 1. The summed E-state index contributed by atoms with van der Waals surface area (Å²) >= 11 is 0. The molecule has 0 bridgehead atoms. The third-order valence-electron chi connectivity index (χ3n) is 4.49. The minimum atomic E-state index is -0.125. The molecule has 0 atom stereocenters. The molecule has 1 amide bonds. The standard InChI is InChI=1S/C19H20N4O2/c1-19(11-25-12-19)10-21-18(24)15-7-16-17(20-8-15)23(13-22-16)9-14-5-3-2-4-6-14/h2-8,13H,9-12H2,1H3,(H,21,24).